The van der Waals surface area contributed by atoms with Crippen molar-refractivity contribution in [3.8, 4) is 5.75 Å². The van der Waals surface area contributed by atoms with Crippen molar-refractivity contribution in [1.29, 1.82) is 0 Å². The lowest BCUT2D eigenvalue weighted by Crippen LogP contribution is -2.38. The first-order valence-electron chi connectivity index (χ1n) is 6.62. The number of ether oxygens (including phenoxy) is 1. The average Bonchev–Trinajstić information content (AvgIpc) is 2.44. The number of hydrogen-bond donors (Lipinski definition) is 1. The molecule has 1 heterocycles. The second-order valence-corrected chi connectivity index (χ2v) is 5.71. The lowest BCUT2D eigenvalue weighted by molar-refractivity contribution is -0.141. The van der Waals surface area contributed by atoms with Gasteiger partial charge in [-0.3, -0.25) is 14.5 Å². The maximum Gasteiger partial charge on any atom is 0.323 e. The predicted octanol–water partition coefficient (Wildman–Crippen LogP) is 2.43. The molecule has 1 aromatic carbocycles. The molecule has 1 amide bonds. The standard InChI is InChI=1S/C15H17NO4S/c1-3-20-12-6-4-11(5-7-12)15-10(2)21-9-13(17)16(15)8-14(18)19/h4-7H,3,8-9H2,1-2H3,(H,18,19). The molecule has 1 aliphatic rings. The summed E-state index contributed by atoms with van der Waals surface area (Å²) in [5.74, 6) is -0.179. The molecule has 0 fully saturated rings. The van der Waals surface area contributed by atoms with Crippen molar-refractivity contribution < 1.29 is 19.4 Å². The zero-order chi connectivity index (χ0) is 15.4. The zero-order valence-corrected chi connectivity index (χ0v) is 12.8. The fourth-order valence-electron chi connectivity index (χ4n) is 2.17. The van der Waals surface area contributed by atoms with E-state index in [0.717, 1.165) is 16.2 Å². The number of allylic oxidation sites excluding steroid dienone is 1. The van der Waals surface area contributed by atoms with Gasteiger partial charge in [-0.2, -0.15) is 0 Å². The van der Waals surface area contributed by atoms with Crippen LogP contribution < -0.4 is 4.74 Å². The van der Waals surface area contributed by atoms with E-state index in [2.05, 4.69) is 0 Å². The number of rotatable bonds is 5. The van der Waals surface area contributed by atoms with Crippen LogP contribution >= 0.6 is 11.8 Å². The topological polar surface area (TPSA) is 66.8 Å². The fraction of sp³-hybridized carbons (Fsp3) is 0.333. The molecule has 0 aliphatic carbocycles. The summed E-state index contributed by atoms with van der Waals surface area (Å²) in [6.45, 7) is 4.07. The van der Waals surface area contributed by atoms with E-state index >= 15 is 0 Å². The first-order valence-corrected chi connectivity index (χ1v) is 7.60. The molecule has 1 aromatic rings. The van der Waals surface area contributed by atoms with Gasteiger partial charge in [0.2, 0.25) is 5.91 Å². The Kier molecular flexibility index (Phi) is 4.90. The molecule has 0 saturated carbocycles. The molecular formula is C15H17NO4S. The molecule has 0 atom stereocenters. The van der Waals surface area contributed by atoms with Crippen LogP contribution in [0.4, 0.5) is 0 Å². The number of thioether (sulfide) groups is 1. The molecular weight excluding hydrogens is 290 g/mol. The maximum absolute atomic E-state index is 12.0. The van der Waals surface area contributed by atoms with Gasteiger partial charge in [0.25, 0.3) is 0 Å². The summed E-state index contributed by atoms with van der Waals surface area (Å²) < 4.78 is 5.39. The number of benzene rings is 1. The van der Waals surface area contributed by atoms with Gasteiger partial charge in [0, 0.05) is 4.91 Å². The SMILES string of the molecule is CCOc1ccc(C2=C(C)SCC(=O)N2CC(=O)O)cc1. The summed E-state index contributed by atoms with van der Waals surface area (Å²) in [6.07, 6.45) is 0. The number of amides is 1. The van der Waals surface area contributed by atoms with Crippen molar-refractivity contribution in [2.24, 2.45) is 0 Å². The number of carbonyl (C=O) groups is 2. The Morgan fingerprint density at radius 1 is 1.38 bits per heavy atom. The highest BCUT2D eigenvalue weighted by molar-refractivity contribution is 8.03. The van der Waals surface area contributed by atoms with Gasteiger partial charge < -0.3 is 9.84 Å². The molecule has 0 saturated heterocycles. The maximum atomic E-state index is 12.0. The summed E-state index contributed by atoms with van der Waals surface area (Å²) in [5.41, 5.74) is 1.49. The van der Waals surface area contributed by atoms with E-state index in [-0.39, 0.29) is 18.2 Å². The Hall–Kier alpha value is -1.95. The van der Waals surface area contributed by atoms with Crippen molar-refractivity contribution >= 4 is 29.3 Å². The molecule has 0 radical (unpaired) electrons. The van der Waals surface area contributed by atoms with Crippen molar-refractivity contribution in [1.82, 2.24) is 4.90 Å². The van der Waals surface area contributed by atoms with Crippen molar-refractivity contribution in [3.63, 3.8) is 0 Å². The van der Waals surface area contributed by atoms with Gasteiger partial charge in [-0.25, -0.2) is 0 Å². The molecule has 0 spiro atoms. The van der Waals surface area contributed by atoms with Gasteiger partial charge in [0.05, 0.1) is 18.1 Å². The van der Waals surface area contributed by atoms with Crippen molar-refractivity contribution in [3.05, 3.63) is 34.7 Å². The number of carboxylic acid groups (broad SMARTS) is 1. The van der Waals surface area contributed by atoms with Gasteiger partial charge in [0.1, 0.15) is 12.3 Å². The Bertz CT molecular complexity index is 580. The molecule has 112 valence electrons. The summed E-state index contributed by atoms with van der Waals surface area (Å²) in [6, 6.07) is 7.33. The smallest absolute Gasteiger partial charge is 0.323 e. The summed E-state index contributed by atoms with van der Waals surface area (Å²) in [7, 11) is 0. The van der Waals surface area contributed by atoms with Crippen LogP contribution in [0.2, 0.25) is 0 Å². The highest BCUT2D eigenvalue weighted by Gasteiger charge is 2.28. The molecule has 5 nitrogen and oxygen atoms in total. The van der Waals surface area contributed by atoms with Crippen molar-refractivity contribution in [2.45, 2.75) is 13.8 Å². The van der Waals surface area contributed by atoms with E-state index in [1.54, 1.807) is 0 Å². The fourth-order valence-corrected chi connectivity index (χ4v) is 3.03. The summed E-state index contributed by atoms with van der Waals surface area (Å²) in [4.78, 5) is 25.3. The predicted molar refractivity (Wildman–Crippen MR) is 82.0 cm³/mol. The molecule has 0 unspecified atom stereocenters. The summed E-state index contributed by atoms with van der Waals surface area (Å²) in [5, 5.41) is 9.01. The lowest BCUT2D eigenvalue weighted by atomic mass is 10.1. The van der Waals surface area contributed by atoms with Crippen LogP contribution in [-0.4, -0.2) is 40.8 Å². The molecule has 21 heavy (non-hydrogen) atoms. The van der Waals surface area contributed by atoms with Gasteiger partial charge in [-0.1, -0.05) is 0 Å². The average molecular weight is 307 g/mol. The number of carbonyl (C=O) groups excluding carboxylic acids is 1. The van der Waals surface area contributed by atoms with Crippen LogP contribution in [0.25, 0.3) is 5.70 Å². The minimum Gasteiger partial charge on any atom is -0.494 e. The minimum absolute atomic E-state index is 0.183. The Labute approximate surface area is 127 Å². The van der Waals surface area contributed by atoms with E-state index in [0.29, 0.717) is 12.3 Å². The molecule has 1 N–H and O–H groups in total. The van der Waals surface area contributed by atoms with Gasteiger partial charge in [0.15, 0.2) is 0 Å². The van der Waals surface area contributed by atoms with E-state index in [9.17, 15) is 9.59 Å². The van der Waals surface area contributed by atoms with Crippen LogP contribution in [0.15, 0.2) is 29.2 Å². The number of aliphatic carboxylic acids is 1. The lowest BCUT2D eigenvalue weighted by Gasteiger charge is -2.29. The third kappa shape index (κ3) is 3.58. The van der Waals surface area contributed by atoms with Gasteiger partial charge in [-0.15, -0.1) is 11.8 Å². The minimum atomic E-state index is -1.02. The van der Waals surface area contributed by atoms with Crippen molar-refractivity contribution in [2.75, 3.05) is 18.9 Å². The van der Waals surface area contributed by atoms with Crippen LogP contribution in [0.1, 0.15) is 19.4 Å². The van der Waals surface area contributed by atoms with E-state index in [4.69, 9.17) is 9.84 Å². The molecule has 6 heteroatoms. The van der Waals surface area contributed by atoms with E-state index in [1.807, 2.05) is 38.1 Å². The second kappa shape index (κ2) is 6.67. The number of nitrogens with zero attached hydrogens (tertiary/aromatic N) is 1. The van der Waals surface area contributed by atoms with E-state index in [1.165, 1.54) is 16.7 Å². The Morgan fingerprint density at radius 3 is 2.62 bits per heavy atom. The quantitative estimate of drug-likeness (QED) is 0.905. The first kappa shape index (κ1) is 15.4. The van der Waals surface area contributed by atoms with Gasteiger partial charge >= 0.3 is 5.97 Å². The number of hydrogen-bond acceptors (Lipinski definition) is 4. The van der Waals surface area contributed by atoms with Crippen LogP contribution in [0, 0.1) is 0 Å². The number of carboxylic acids is 1. The van der Waals surface area contributed by atoms with Gasteiger partial charge in [-0.05, 0) is 43.7 Å². The van der Waals surface area contributed by atoms with Crippen LogP contribution in [0.3, 0.4) is 0 Å². The zero-order valence-electron chi connectivity index (χ0n) is 12.0. The van der Waals surface area contributed by atoms with Crippen LogP contribution in [-0.2, 0) is 9.59 Å². The highest BCUT2D eigenvalue weighted by atomic mass is 32.2. The molecule has 2 rings (SSSR count). The highest BCUT2D eigenvalue weighted by Crippen LogP contribution is 2.35. The van der Waals surface area contributed by atoms with Crippen LogP contribution in [0.5, 0.6) is 5.75 Å². The molecule has 0 aromatic heterocycles. The first-order chi connectivity index (χ1) is 10.0. The third-order valence-electron chi connectivity index (χ3n) is 3.05. The Balaban J connectivity index is 2.36. The Morgan fingerprint density at radius 2 is 2.05 bits per heavy atom. The largest absolute Gasteiger partial charge is 0.494 e. The third-order valence-corrected chi connectivity index (χ3v) is 4.07. The normalized spacial score (nSPS) is 15.3. The van der Waals surface area contributed by atoms with E-state index < -0.39 is 5.97 Å². The molecule has 0 bridgehead atoms. The second-order valence-electron chi connectivity index (χ2n) is 4.52. The summed E-state index contributed by atoms with van der Waals surface area (Å²) >= 11 is 1.44. The monoisotopic (exact) mass is 307 g/mol. The molecule has 1 aliphatic heterocycles.